The third kappa shape index (κ3) is 3.09. The molecular formula is C12H18O5. The molecule has 0 aromatic heterocycles. The fourth-order valence-electron chi connectivity index (χ4n) is 1.55. The Hall–Kier alpha value is -1.30. The van der Waals surface area contributed by atoms with E-state index in [0.717, 1.165) is 0 Å². The molecule has 0 aliphatic carbocycles. The molecule has 1 aromatic rings. The Morgan fingerprint density at radius 1 is 0.941 bits per heavy atom. The Bertz CT molecular complexity index is 349. The molecular weight excluding hydrogens is 224 g/mol. The predicted molar refractivity (Wildman–Crippen MR) is 62.3 cm³/mol. The van der Waals surface area contributed by atoms with Gasteiger partial charge in [0.1, 0.15) is 6.10 Å². The van der Waals surface area contributed by atoms with Crippen LogP contribution in [0.15, 0.2) is 18.2 Å². The van der Waals surface area contributed by atoms with Crippen LogP contribution in [0.1, 0.15) is 11.7 Å². The van der Waals surface area contributed by atoms with E-state index in [9.17, 15) is 5.11 Å². The van der Waals surface area contributed by atoms with Crippen LogP contribution in [-0.4, -0.2) is 39.8 Å². The first kappa shape index (κ1) is 13.8. The summed E-state index contributed by atoms with van der Waals surface area (Å²) >= 11 is 0. The molecule has 5 nitrogen and oxygen atoms in total. The van der Waals surface area contributed by atoms with Crippen molar-refractivity contribution >= 4 is 0 Å². The Labute approximate surface area is 101 Å². The molecule has 0 aliphatic heterocycles. The molecule has 0 fully saturated rings. The molecule has 0 bridgehead atoms. The van der Waals surface area contributed by atoms with Crippen molar-refractivity contribution in [1.82, 2.24) is 0 Å². The van der Waals surface area contributed by atoms with Gasteiger partial charge in [0.25, 0.3) is 0 Å². The van der Waals surface area contributed by atoms with Gasteiger partial charge in [0.15, 0.2) is 17.8 Å². The zero-order chi connectivity index (χ0) is 12.8. The van der Waals surface area contributed by atoms with Gasteiger partial charge in [0.05, 0.1) is 14.2 Å². The fourth-order valence-corrected chi connectivity index (χ4v) is 1.55. The second kappa shape index (κ2) is 6.44. The molecule has 5 heteroatoms. The first-order valence-corrected chi connectivity index (χ1v) is 5.13. The molecule has 1 atom stereocenters. The second-order valence-electron chi connectivity index (χ2n) is 3.40. The van der Waals surface area contributed by atoms with Gasteiger partial charge in [0, 0.05) is 14.2 Å². The number of hydrogen-bond acceptors (Lipinski definition) is 5. The molecule has 0 radical (unpaired) electrons. The van der Waals surface area contributed by atoms with Gasteiger partial charge in [0.2, 0.25) is 0 Å². The van der Waals surface area contributed by atoms with Gasteiger partial charge in [-0.15, -0.1) is 0 Å². The zero-order valence-electron chi connectivity index (χ0n) is 10.5. The van der Waals surface area contributed by atoms with E-state index in [1.807, 2.05) is 0 Å². The molecule has 0 amide bonds. The van der Waals surface area contributed by atoms with E-state index >= 15 is 0 Å². The summed E-state index contributed by atoms with van der Waals surface area (Å²) in [7, 11) is 6.04. The smallest absolute Gasteiger partial charge is 0.187 e. The molecule has 0 saturated carbocycles. The number of rotatable bonds is 6. The minimum Gasteiger partial charge on any atom is -0.493 e. The SMILES string of the molecule is COc1ccc([C@H](O)C(OC)OC)cc1OC. The van der Waals surface area contributed by atoms with Crippen molar-refractivity contribution in [2.24, 2.45) is 0 Å². The first-order valence-electron chi connectivity index (χ1n) is 5.13. The average molecular weight is 242 g/mol. The summed E-state index contributed by atoms with van der Waals surface area (Å²) in [6.45, 7) is 0. The number of methoxy groups -OCH3 is 4. The van der Waals surface area contributed by atoms with Gasteiger partial charge in [-0.1, -0.05) is 6.07 Å². The number of ether oxygens (including phenoxy) is 4. The maximum absolute atomic E-state index is 10.0. The summed E-state index contributed by atoms with van der Waals surface area (Å²) in [6, 6.07) is 5.14. The Morgan fingerprint density at radius 2 is 1.53 bits per heavy atom. The van der Waals surface area contributed by atoms with Gasteiger partial charge < -0.3 is 24.1 Å². The molecule has 0 aliphatic rings. The van der Waals surface area contributed by atoms with Crippen LogP contribution in [0.2, 0.25) is 0 Å². The highest BCUT2D eigenvalue weighted by molar-refractivity contribution is 5.43. The van der Waals surface area contributed by atoms with Crippen LogP contribution < -0.4 is 9.47 Å². The van der Waals surface area contributed by atoms with E-state index in [-0.39, 0.29) is 0 Å². The minimum atomic E-state index is -0.884. The summed E-state index contributed by atoms with van der Waals surface area (Å²) in [5, 5.41) is 10.0. The summed E-state index contributed by atoms with van der Waals surface area (Å²) < 4.78 is 20.3. The van der Waals surface area contributed by atoms with Crippen LogP contribution in [0.25, 0.3) is 0 Å². The van der Waals surface area contributed by atoms with E-state index in [1.165, 1.54) is 21.3 Å². The van der Waals surface area contributed by atoms with E-state index < -0.39 is 12.4 Å². The number of hydrogen-bond donors (Lipinski definition) is 1. The standard InChI is InChI=1S/C12H18O5/c1-14-9-6-5-8(7-10(9)15-2)11(13)12(16-3)17-4/h5-7,11-13H,1-4H3/t11-/m0/s1. The van der Waals surface area contributed by atoms with Crippen LogP contribution in [-0.2, 0) is 9.47 Å². The molecule has 17 heavy (non-hydrogen) atoms. The van der Waals surface area contributed by atoms with E-state index in [0.29, 0.717) is 17.1 Å². The monoisotopic (exact) mass is 242 g/mol. The highest BCUT2D eigenvalue weighted by atomic mass is 16.7. The van der Waals surface area contributed by atoms with E-state index in [4.69, 9.17) is 18.9 Å². The maximum atomic E-state index is 10.0. The Morgan fingerprint density at radius 3 is 2.00 bits per heavy atom. The minimum absolute atomic E-state index is 0.551. The van der Waals surface area contributed by atoms with Gasteiger partial charge in [-0.3, -0.25) is 0 Å². The Balaban J connectivity index is 2.98. The number of benzene rings is 1. The van der Waals surface area contributed by atoms with Crippen molar-refractivity contribution in [3.8, 4) is 11.5 Å². The van der Waals surface area contributed by atoms with Crippen LogP contribution >= 0.6 is 0 Å². The highest BCUT2D eigenvalue weighted by Gasteiger charge is 2.21. The third-order valence-electron chi connectivity index (χ3n) is 2.47. The number of aliphatic hydroxyl groups excluding tert-OH is 1. The lowest BCUT2D eigenvalue weighted by Crippen LogP contribution is -2.22. The average Bonchev–Trinajstić information content (AvgIpc) is 2.39. The van der Waals surface area contributed by atoms with Crippen molar-refractivity contribution in [2.75, 3.05) is 28.4 Å². The van der Waals surface area contributed by atoms with Crippen LogP contribution in [0.5, 0.6) is 11.5 Å². The van der Waals surface area contributed by atoms with E-state index in [1.54, 1.807) is 25.3 Å². The Kier molecular flexibility index (Phi) is 5.21. The van der Waals surface area contributed by atoms with Crippen LogP contribution in [0, 0.1) is 0 Å². The lowest BCUT2D eigenvalue weighted by atomic mass is 10.1. The molecule has 0 heterocycles. The normalized spacial score (nSPS) is 12.6. The van der Waals surface area contributed by atoms with Gasteiger partial charge in [-0.25, -0.2) is 0 Å². The fraction of sp³-hybridized carbons (Fsp3) is 0.500. The zero-order valence-corrected chi connectivity index (χ0v) is 10.5. The lowest BCUT2D eigenvalue weighted by Gasteiger charge is -2.21. The highest BCUT2D eigenvalue weighted by Crippen LogP contribution is 2.31. The third-order valence-corrected chi connectivity index (χ3v) is 2.47. The molecule has 1 aromatic carbocycles. The molecule has 96 valence electrons. The second-order valence-corrected chi connectivity index (χ2v) is 3.40. The van der Waals surface area contributed by atoms with Crippen molar-refractivity contribution in [3.63, 3.8) is 0 Å². The van der Waals surface area contributed by atoms with Gasteiger partial charge in [-0.2, -0.15) is 0 Å². The topological polar surface area (TPSA) is 57.2 Å². The van der Waals surface area contributed by atoms with Crippen molar-refractivity contribution in [1.29, 1.82) is 0 Å². The predicted octanol–water partition coefficient (Wildman–Crippen LogP) is 1.36. The molecule has 0 spiro atoms. The van der Waals surface area contributed by atoms with Crippen molar-refractivity contribution in [3.05, 3.63) is 23.8 Å². The van der Waals surface area contributed by atoms with Gasteiger partial charge in [-0.05, 0) is 17.7 Å². The quantitative estimate of drug-likeness (QED) is 0.763. The number of aliphatic hydroxyl groups is 1. The maximum Gasteiger partial charge on any atom is 0.187 e. The molecule has 0 unspecified atom stereocenters. The summed E-state index contributed by atoms with van der Waals surface area (Å²) in [5.41, 5.74) is 0.636. The van der Waals surface area contributed by atoms with Crippen molar-refractivity contribution in [2.45, 2.75) is 12.4 Å². The largest absolute Gasteiger partial charge is 0.493 e. The van der Waals surface area contributed by atoms with Gasteiger partial charge >= 0.3 is 0 Å². The summed E-state index contributed by atoms with van der Waals surface area (Å²) in [4.78, 5) is 0. The van der Waals surface area contributed by atoms with Crippen molar-refractivity contribution < 1.29 is 24.1 Å². The molecule has 1 rings (SSSR count). The van der Waals surface area contributed by atoms with E-state index in [2.05, 4.69) is 0 Å². The lowest BCUT2D eigenvalue weighted by molar-refractivity contribution is -0.166. The molecule has 1 N–H and O–H groups in total. The summed E-state index contributed by atoms with van der Waals surface area (Å²) in [5.74, 6) is 1.16. The van der Waals surface area contributed by atoms with Crippen LogP contribution in [0.4, 0.5) is 0 Å². The first-order chi connectivity index (χ1) is 8.17. The summed E-state index contributed by atoms with van der Waals surface area (Å²) in [6.07, 6.45) is -1.60. The molecule has 0 saturated heterocycles. The van der Waals surface area contributed by atoms with Crippen LogP contribution in [0.3, 0.4) is 0 Å².